The van der Waals surface area contributed by atoms with E-state index in [1.807, 2.05) is 6.07 Å². The highest BCUT2D eigenvalue weighted by Gasteiger charge is 2.41. The van der Waals surface area contributed by atoms with Crippen LogP contribution in [-0.2, 0) is 11.2 Å². The molecule has 128 valence electrons. The number of benzene rings is 1. The minimum atomic E-state index is 0.308. The van der Waals surface area contributed by atoms with Gasteiger partial charge in [0.15, 0.2) is 0 Å². The molecule has 0 radical (unpaired) electrons. The summed E-state index contributed by atoms with van der Waals surface area (Å²) in [5, 5.41) is 0. The summed E-state index contributed by atoms with van der Waals surface area (Å²) in [5.41, 5.74) is 2.39. The van der Waals surface area contributed by atoms with Crippen molar-refractivity contribution in [3.05, 3.63) is 29.8 Å². The van der Waals surface area contributed by atoms with E-state index in [4.69, 9.17) is 0 Å². The maximum absolute atomic E-state index is 12.5. The molecule has 0 aromatic heterocycles. The first-order valence-corrected chi connectivity index (χ1v) is 9.90. The molecular formula is C21H28N2O. The maximum Gasteiger partial charge on any atom is 0.231 e. The van der Waals surface area contributed by atoms with Crippen molar-refractivity contribution in [2.75, 3.05) is 24.5 Å². The molecule has 0 spiro atoms. The Hall–Kier alpha value is -1.35. The van der Waals surface area contributed by atoms with E-state index in [1.165, 1.54) is 56.6 Å². The van der Waals surface area contributed by atoms with E-state index < -0.39 is 0 Å². The maximum atomic E-state index is 12.5. The molecule has 1 aromatic rings. The predicted octanol–water partition coefficient (Wildman–Crippen LogP) is 3.48. The molecule has 0 unspecified atom stereocenters. The van der Waals surface area contributed by atoms with E-state index in [-0.39, 0.29) is 0 Å². The Morgan fingerprint density at radius 3 is 2.58 bits per heavy atom. The quantitative estimate of drug-likeness (QED) is 0.850. The Morgan fingerprint density at radius 1 is 1.00 bits per heavy atom. The average molecular weight is 324 g/mol. The van der Waals surface area contributed by atoms with Crippen LogP contribution < -0.4 is 4.90 Å². The Balaban J connectivity index is 1.21. The highest BCUT2D eigenvalue weighted by Crippen LogP contribution is 2.48. The van der Waals surface area contributed by atoms with Crippen LogP contribution in [0, 0.1) is 17.8 Å². The smallest absolute Gasteiger partial charge is 0.231 e. The van der Waals surface area contributed by atoms with Gasteiger partial charge in [0.25, 0.3) is 0 Å². The van der Waals surface area contributed by atoms with Crippen LogP contribution >= 0.6 is 0 Å². The summed E-state index contributed by atoms with van der Waals surface area (Å²) in [5.74, 6) is 3.35. The number of fused-ring (bicyclic) bond motifs is 3. The lowest BCUT2D eigenvalue weighted by molar-refractivity contribution is -0.118. The van der Waals surface area contributed by atoms with Crippen molar-refractivity contribution in [1.82, 2.24) is 4.90 Å². The van der Waals surface area contributed by atoms with Gasteiger partial charge in [-0.15, -0.1) is 0 Å². The minimum Gasteiger partial charge on any atom is -0.309 e. The van der Waals surface area contributed by atoms with E-state index in [9.17, 15) is 4.79 Å². The van der Waals surface area contributed by atoms with E-state index in [0.29, 0.717) is 18.4 Å². The number of hydrogen-bond donors (Lipinski definition) is 0. The molecular weight excluding hydrogens is 296 g/mol. The summed E-state index contributed by atoms with van der Waals surface area (Å²) in [7, 11) is 0. The van der Waals surface area contributed by atoms with Crippen LogP contribution in [0.2, 0.25) is 0 Å². The predicted molar refractivity (Wildman–Crippen MR) is 96.0 cm³/mol. The summed E-state index contributed by atoms with van der Waals surface area (Å²) in [6.07, 6.45) is 8.87. The van der Waals surface area contributed by atoms with Gasteiger partial charge in [-0.25, -0.2) is 0 Å². The molecule has 1 saturated heterocycles. The van der Waals surface area contributed by atoms with Crippen molar-refractivity contribution < 1.29 is 4.79 Å². The molecule has 2 aliphatic carbocycles. The normalized spacial score (nSPS) is 33.4. The van der Waals surface area contributed by atoms with Gasteiger partial charge in [0, 0.05) is 31.4 Å². The van der Waals surface area contributed by atoms with Crippen molar-refractivity contribution in [3.63, 3.8) is 0 Å². The second-order valence-electron chi connectivity index (χ2n) is 8.54. The Morgan fingerprint density at radius 2 is 1.83 bits per heavy atom. The first kappa shape index (κ1) is 14.9. The van der Waals surface area contributed by atoms with Gasteiger partial charge in [0.1, 0.15) is 0 Å². The Labute approximate surface area is 145 Å². The summed E-state index contributed by atoms with van der Waals surface area (Å²) in [6.45, 7) is 3.66. The number of amides is 1. The molecule has 3 heteroatoms. The number of nitrogens with zero attached hydrogens (tertiary/aromatic N) is 2. The lowest BCUT2D eigenvalue weighted by Gasteiger charge is -2.39. The zero-order chi connectivity index (χ0) is 16.1. The first-order valence-electron chi connectivity index (χ1n) is 9.90. The molecule has 3 atom stereocenters. The minimum absolute atomic E-state index is 0.308. The van der Waals surface area contributed by atoms with Crippen LogP contribution in [0.3, 0.4) is 0 Å². The molecule has 1 aromatic carbocycles. The summed E-state index contributed by atoms with van der Waals surface area (Å²) in [4.78, 5) is 17.3. The van der Waals surface area contributed by atoms with Gasteiger partial charge in [0.2, 0.25) is 5.91 Å². The highest BCUT2D eigenvalue weighted by molar-refractivity contribution is 6.01. The molecule has 3 fully saturated rings. The average Bonchev–Trinajstić information content (AvgIpc) is 3.29. The third-order valence-corrected chi connectivity index (χ3v) is 7.16. The molecule has 2 heterocycles. The van der Waals surface area contributed by atoms with Crippen molar-refractivity contribution in [1.29, 1.82) is 0 Å². The number of carbonyl (C=O) groups excluding carboxylic acids is 1. The number of para-hydroxylation sites is 1. The van der Waals surface area contributed by atoms with Crippen LogP contribution in [0.25, 0.3) is 0 Å². The number of rotatable bonds is 3. The third-order valence-electron chi connectivity index (χ3n) is 7.16. The molecule has 2 aliphatic heterocycles. The van der Waals surface area contributed by atoms with Crippen LogP contribution in [-0.4, -0.2) is 36.5 Å². The van der Waals surface area contributed by atoms with E-state index >= 15 is 0 Å². The number of likely N-dealkylation sites (tertiary alicyclic amines) is 1. The number of carbonyl (C=O) groups is 1. The number of anilines is 1. The topological polar surface area (TPSA) is 23.6 Å². The second-order valence-corrected chi connectivity index (χ2v) is 8.54. The molecule has 4 aliphatic rings. The van der Waals surface area contributed by atoms with Crippen molar-refractivity contribution >= 4 is 11.6 Å². The number of hydrogen-bond acceptors (Lipinski definition) is 2. The summed E-state index contributed by atoms with van der Waals surface area (Å²) in [6, 6.07) is 8.76. The van der Waals surface area contributed by atoms with E-state index in [1.54, 1.807) is 0 Å². The van der Waals surface area contributed by atoms with Crippen molar-refractivity contribution in [3.8, 4) is 0 Å². The van der Waals surface area contributed by atoms with Crippen molar-refractivity contribution in [2.45, 2.75) is 51.0 Å². The van der Waals surface area contributed by atoms with Gasteiger partial charge in [-0.2, -0.15) is 0 Å². The van der Waals surface area contributed by atoms with Crippen LogP contribution in [0.1, 0.15) is 44.1 Å². The largest absolute Gasteiger partial charge is 0.309 e. The molecule has 24 heavy (non-hydrogen) atoms. The highest BCUT2D eigenvalue weighted by atomic mass is 16.2. The van der Waals surface area contributed by atoms with Crippen LogP contribution in [0.15, 0.2) is 24.3 Å². The monoisotopic (exact) mass is 324 g/mol. The van der Waals surface area contributed by atoms with Crippen LogP contribution in [0.4, 0.5) is 5.69 Å². The van der Waals surface area contributed by atoms with Gasteiger partial charge < -0.3 is 9.80 Å². The van der Waals surface area contributed by atoms with Gasteiger partial charge >= 0.3 is 0 Å². The third kappa shape index (κ3) is 2.48. The van der Waals surface area contributed by atoms with E-state index in [0.717, 1.165) is 30.6 Å². The molecule has 3 nitrogen and oxygen atoms in total. The molecule has 2 saturated carbocycles. The number of piperidine rings is 1. The SMILES string of the molecule is O=C1Cc2ccccc2N1C1CCN(C[C@H]2C[C@@H]3CC[C@@H]2C3)CC1. The lowest BCUT2D eigenvalue weighted by Crippen LogP contribution is -2.47. The fourth-order valence-electron chi connectivity index (χ4n) is 5.97. The summed E-state index contributed by atoms with van der Waals surface area (Å²) >= 11 is 0. The first-order chi connectivity index (χ1) is 11.8. The zero-order valence-electron chi connectivity index (χ0n) is 14.5. The van der Waals surface area contributed by atoms with Crippen LogP contribution in [0.5, 0.6) is 0 Å². The second kappa shape index (κ2) is 5.87. The molecule has 0 N–H and O–H groups in total. The van der Waals surface area contributed by atoms with Gasteiger partial charge in [-0.1, -0.05) is 24.6 Å². The fraction of sp³-hybridized carbons (Fsp3) is 0.667. The van der Waals surface area contributed by atoms with E-state index in [2.05, 4.69) is 28.0 Å². The van der Waals surface area contributed by atoms with Gasteiger partial charge in [-0.3, -0.25) is 4.79 Å². The Bertz CT molecular complexity index is 634. The standard InChI is InChI=1S/C21H28N2O/c24-21-13-17-3-1-2-4-20(17)23(21)19-7-9-22(10-8-19)14-18-12-15-5-6-16(18)11-15/h1-4,15-16,18-19H,5-14H2/t15-,16-,18-/m1/s1. The Kier molecular flexibility index (Phi) is 3.66. The lowest BCUT2D eigenvalue weighted by atomic mass is 9.88. The van der Waals surface area contributed by atoms with Gasteiger partial charge in [0.05, 0.1) is 6.42 Å². The fourth-order valence-corrected chi connectivity index (χ4v) is 5.97. The molecule has 1 amide bonds. The summed E-state index contributed by atoms with van der Waals surface area (Å²) < 4.78 is 0. The molecule has 2 bridgehead atoms. The van der Waals surface area contributed by atoms with Gasteiger partial charge in [-0.05, 0) is 61.5 Å². The molecule has 5 rings (SSSR count). The van der Waals surface area contributed by atoms with Crippen molar-refractivity contribution in [2.24, 2.45) is 17.8 Å². The zero-order valence-corrected chi connectivity index (χ0v) is 14.5.